The molecule has 0 atom stereocenters. The Morgan fingerprint density at radius 1 is 0.227 bits per heavy atom. The molecule has 418 valence electrons. The molecule has 88 heavy (non-hydrogen) atoms. The summed E-state index contributed by atoms with van der Waals surface area (Å²) in [5.41, 5.74) is 25.6. The maximum atomic E-state index is 6.03. The predicted molar refractivity (Wildman–Crippen MR) is 367 cm³/mol. The second-order valence-corrected chi connectivity index (χ2v) is 24.0. The summed E-state index contributed by atoms with van der Waals surface area (Å²) in [5, 5.41) is 9.32. The van der Waals surface area contributed by atoms with Crippen LogP contribution in [0.15, 0.2) is 249 Å². The summed E-state index contributed by atoms with van der Waals surface area (Å²) < 4.78 is 10.4. The normalized spacial score (nSPS) is 12.0. The van der Waals surface area contributed by atoms with E-state index in [0.717, 1.165) is 139 Å². The average molecular weight is 1130 g/mol. The number of aryl methyl sites for hydroxylation is 6. The molecule has 0 unspecified atom stereocenters. The number of para-hydroxylation sites is 4. The number of benzene rings is 11. The van der Waals surface area contributed by atoms with E-state index < -0.39 is 0 Å². The van der Waals surface area contributed by atoms with Gasteiger partial charge in [0.1, 0.15) is 0 Å². The topological polar surface area (TPSA) is 58.4 Å². The van der Waals surface area contributed by atoms with E-state index in [0.29, 0.717) is 5.82 Å². The van der Waals surface area contributed by atoms with Gasteiger partial charge in [-0.25, -0.2) is 9.97 Å². The molecule has 0 saturated heterocycles. The summed E-state index contributed by atoms with van der Waals surface area (Å²) >= 11 is 0. The molecule has 0 fully saturated rings. The van der Waals surface area contributed by atoms with E-state index in [9.17, 15) is 0 Å². The molecule has 7 nitrogen and oxygen atoms in total. The quantitative estimate of drug-likeness (QED) is 0.152. The number of aromatic nitrogens is 7. The highest BCUT2D eigenvalue weighted by Gasteiger charge is 2.36. The second-order valence-electron chi connectivity index (χ2n) is 24.0. The Labute approximate surface area is 509 Å². The fraction of sp³-hybridized carbons (Fsp3) is 0.0741. The molecule has 0 aliphatic carbocycles. The third-order valence-corrected chi connectivity index (χ3v) is 18.1. The molecule has 6 heterocycles. The lowest BCUT2D eigenvalue weighted by Gasteiger charge is -2.31. The molecule has 17 aromatic rings. The van der Waals surface area contributed by atoms with Gasteiger partial charge in [0, 0.05) is 76.7 Å². The van der Waals surface area contributed by atoms with Gasteiger partial charge >= 0.3 is 0 Å². The van der Waals surface area contributed by atoms with Gasteiger partial charge in [-0.1, -0.05) is 180 Å². The van der Waals surface area contributed by atoms with Crippen LogP contribution in [0.4, 0.5) is 0 Å². The monoisotopic (exact) mass is 1130 g/mol. The molecule has 6 aromatic heterocycles. The maximum absolute atomic E-state index is 6.03. The summed E-state index contributed by atoms with van der Waals surface area (Å²) in [5.74, 6) is 0.624. The van der Waals surface area contributed by atoms with Crippen molar-refractivity contribution < 1.29 is 0 Å². The van der Waals surface area contributed by atoms with Gasteiger partial charge in [-0.15, -0.1) is 0 Å². The molecule has 7 heteroatoms. The minimum absolute atomic E-state index is 0.624. The lowest BCUT2D eigenvalue weighted by atomic mass is 9.89. The SMILES string of the molecule is Cc1ccc2c(c1)c1ccccc1n2-c1c(-c2cc(C)nc(C)c2)c(-c2cc(-c3ccccc3)nc(-c3ccccc3)n2)c(-n2c3ccccc3c3cc(C)ccc32)c(-n2c3ccccc3c3cc(C)ccc32)c1-n1c2ccccc2c2cc(C)ccc21. The van der Waals surface area contributed by atoms with Crippen molar-refractivity contribution in [2.45, 2.75) is 41.5 Å². The molecule has 0 radical (unpaired) electrons. The molecule has 0 aliphatic heterocycles. The van der Waals surface area contributed by atoms with E-state index in [1.54, 1.807) is 0 Å². The third-order valence-electron chi connectivity index (χ3n) is 18.1. The van der Waals surface area contributed by atoms with E-state index >= 15 is 0 Å². The Kier molecular flexibility index (Phi) is 11.5. The van der Waals surface area contributed by atoms with Gasteiger partial charge < -0.3 is 18.3 Å². The summed E-state index contributed by atoms with van der Waals surface area (Å²) in [6.07, 6.45) is 0. The first-order valence-corrected chi connectivity index (χ1v) is 30.3. The highest BCUT2D eigenvalue weighted by Crippen LogP contribution is 2.55. The van der Waals surface area contributed by atoms with Crippen LogP contribution in [0.1, 0.15) is 33.6 Å². The zero-order chi connectivity index (χ0) is 59.1. The van der Waals surface area contributed by atoms with Crippen LogP contribution in [0.5, 0.6) is 0 Å². The van der Waals surface area contributed by atoms with Crippen molar-refractivity contribution >= 4 is 87.2 Å². The number of fused-ring (bicyclic) bond motifs is 12. The highest BCUT2D eigenvalue weighted by molar-refractivity contribution is 6.19. The van der Waals surface area contributed by atoms with Crippen molar-refractivity contribution in [3.63, 3.8) is 0 Å². The Bertz CT molecular complexity index is 5680. The summed E-state index contributed by atoms with van der Waals surface area (Å²) in [6.45, 7) is 13.1. The number of rotatable bonds is 8. The first kappa shape index (κ1) is 51.3. The lowest BCUT2D eigenvalue weighted by molar-refractivity contribution is 1.02. The van der Waals surface area contributed by atoms with Crippen LogP contribution in [0.2, 0.25) is 0 Å². The van der Waals surface area contributed by atoms with Crippen molar-refractivity contribution in [1.82, 2.24) is 33.2 Å². The van der Waals surface area contributed by atoms with E-state index in [2.05, 4.69) is 309 Å². The van der Waals surface area contributed by atoms with Crippen LogP contribution >= 0.6 is 0 Å². The van der Waals surface area contributed by atoms with Crippen molar-refractivity contribution in [2.24, 2.45) is 0 Å². The summed E-state index contributed by atoms with van der Waals surface area (Å²) in [6, 6.07) is 91.9. The standard InChI is InChI=1S/C81H59N7/c1-48-33-37-71-61(41-48)57-25-13-17-29-67(57)85(71)77-75(56-45-52(5)82-53(6)46-56)76(66-47-65(54-21-9-7-10-22-54)83-81(84-66)55-23-11-8-12-24-55)78(86-68-30-18-14-26-58(68)62-42-49(2)34-38-72(62)86)80(88-70-32-20-16-28-60(70)64-44-51(4)36-40-74(64)88)79(77)87-69-31-19-15-27-59(69)63-43-50(3)35-39-73(63)87/h7-47H,1-6H3. The highest BCUT2D eigenvalue weighted by atomic mass is 15.1. The van der Waals surface area contributed by atoms with Gasteiger partial charge in [-0.2, -0.15) is 0 Å². The molecular formula is C81H59N7. The van der Waals surface area contributed by atoms with Crippen LogP contribution in [0.3, 0.4) is 0 Å². The number of nitrogens with zero attached hydrogens (tertiary/aromatic N) is 7. The first-order chi connectivity index (χ1) is 43.1. The largest absolute Gasteiger partial charge is 0.306 e. The first-order valence-electron chi connectivity index (χ1n) is 30.3. The molecule has 0 bridgehead atoms. The van der Waals surface area contributed by atoms with Gasteiger partial charge in [-0.3, -0.25) is 4.98 Å². The van der Waals surface area contributed by atoms with Crippen molar-refractivity contribution in [3.8, 4) is 67.8 Å². The molecule has 11 aromatic carbocycles. The molecule has 17 rings (SSSR count). The zero-order valence-electron chi connectivity index (χ0n) is 49.8. The summed E-state index contributed by atoms with van der Waals surface area (Å²) in [7, 11) is 0. The van der Waals surface area contributed by atoms with Crippen molar-refractivity contribution in [3.05, 3.63) is 282 Å². The van der Waals surface area contributed by atoms with Gasteiger partial charge in [0.05, 0.1) is 78.3 Å². The van der Waals surface area contributed by atoms with Gasteiger partial charge in [0.15, 0.2) is 5.82 Å². The maximum Gasteiger partial charge on any atom is 0.160 e. The van der Waals surface area contributed by atoms with E-state index in [1.165, 1.54) is 43.8 Å². The van der Waals surface area contributed by atoms with Gasteiger partial charge in [0.25, 0.3) is 0 Å². The Morgan fingerprint density at radius 3 is 0.943 bits per heavy atom. The molecular weight excluding hydrogens is 1070 g/mol. The summed E-state index contributed by atoms with van der Waals surface area (Å²) in [4.78, 5) is 16.8. The Morgan fingerprint density at radius 2 is 0.545 bits per heavy atom. The van der Waals surface area contributed by atoms with Crippen LogP contribution in [-0.4, -0.2) is 33.2 Å². The number of hydrogen-bond acceptors (Lipinski definition) is 3. The number of hydrogen-bond donors (Lipinski definition) is 0. The zero-order valence-corrected chi connectivity index (χ0v) is 49.8. The molecule has 0 spiro atoms. The van der Waals surface area contributed by atoms with E-state index in [1.807, 2.05) is 0 Å². The molecule has 0 saturated carbocycles. The van der Waals surface area contributed by atoms with Crippen LogP contribution in [0, 0.1) is 41.5 Å². The molecule has 0 aliphatic rings. The average Bonchev–Trinajstić information content (AvgIpc) is 1.42. The Balaban J connectivity index is 1.27. The minimum atomic E-state index is 0.624. The van der Waals surface area contributed by atoms with Crippen LogP contribution in [-0.2, 0) is 0 Å². The minimum Gasteiger partial charge on any atom is -0.306 e. The number of pyridine rings is 1. The molecule has 0 amide bonds. The van der Waals surface area contributed by atoms with Crippen LogP contribution < -0.4 is 0 Å². The van der Waals surface area contributed by atoms with E-state index in [-0.39, 0.29) is 0 Å². The van der Waals surface area contributed by atoms with Crippen molar-refractivity contribution in [2.75, 3.05) is 0 Å². The van der Waals surface area contributed by atoms with Crippen LogP contribution in [0.25, 0.3) is 155 Å². The van der Waals surface area contributed by atoms with Gasteiger partial charge in [0.2, 0.25) is 0 Å². The molecule has 0 N–H and O–H groups in total. The van der Waals surface area contributed by atoms with Gasteiger partial charge in [-0.05, 0) is 138 Å². The van der Waals surface area contributed by atoms with Crippen molar-refractivity contribution in [1.29, 1.82) is 0 Å². The second kappa shape index (κ2) is 19.7. The third kappa shape index (κ3) is 7.79. The fourth-order valence-electron chi connectivity index (χ4n) is 14.4. The lowest BCUT2D eigenvalue weighted by Crippen LogP contribution is -2.17. The smallest absolute Gasteiger partial charge is 0.160 e. The van der Waals surface area contributed by atoms with E-state index in [4.69, 9.17) is 15.0 Å². The Hall–Kier alpha value is -11.2. The fourth-order valence-corrected chi connectivity index (χ4v) is 14.4. The predicted octanol–water partition coefficient (Wildman–Crippen LogP) is 20.8.